The zero-order valence-corrected chi connectivity index (χ0v) is 13.5. The molecule has 1 aromatic carbocycles. The lowest BCUT2D eigenvalue weighted by Gasteiger charge is -2.40. The third kappa shape index (κ3) is 2.87. The Bertz CT molecular complexity index is 922. The summed E-state index contributed by atoms with van der Waals surface area (Å²) < 4.78 is 14.6. The van der Waals surface area contributed by atoms with Crippen LogP contribution in [0.2, 0.25) is 0 Å². The third-order valence-corrected chi connectivity index (χ3v) is 4.52. The molecular formula is C18H17FN4O2. The van der Waals surface area contributed by atoms with Gasteiger partial charge in [-0.05, 0) is 36.1 Å². The fraction of sp³-hybridized carbons (Fsp3) is 0.278. The summed E-state index contributed by atoms with van der Waals surface area (Å²) in [7, 11) is 0. The second-order valence-corrected chi connectivity index (χ2v) is 6.12. The minimum absolute atomic E-state index is 0.0351. The Morgan fingerprint density at radius 2 is 2.12 bits per heavy atom. The van der Waals surface area contributed by atoms with Crippen molar-refractivity contribution in [2.24, 2.45) is 0 Å². The molecule has 0 saturated carbocycles. The molecule has 3 heterocycles. The minimum atomic E-state index is -0.286. The molecule has 3 aromatic rings. The van der Waals surface area contributed by atoms with Gasteiger partial charge in [-0.1, -0.05) is 12.1 Å². The van der Waals surface area contributed by atoms with Crippen molar-refractivity contribution in [3.05, 3.63) is 65.4 Å². The molecular weight excluding hydrogens is 323 g/mol. The highest BCUT2D eigenvalue weighted by molar-refractivity contribution is 5.94. The predicted molar refractivity (Wildman–Crippen MR) is 88.6 cm³/mol. The molecule has 1 aliphatic heterocycles. The molecule has 1 unspecified atom stereocenters. The largest absolute Gasteiger partial charge is 0.396 e. The highest BCUT2D eigenvalue weighted by atomic mass is 19.1. The molecule has 0 bridgehead atoms. The Hall–Kier alpha value is -2.80. The van der Waals surface area contributed by atoms with E-state index in [9.17, 15) is 9.18 Å². The van der Waals surface area contributed by atoms with Gasteiger partial charge in [0.2, 0.25) is 0 Å². The molecule has 128 valence electrons. The van der Waals surface area contributed by atoms with Gasteiger partial charge in [0.1, 0.15) is 5.82 Å². The van der Waals surface area contributed by atoms with Crippen LogP contribution in [0.25, 0.3) is 5.65 Å². The quantitative estimate of drug-likeness (QED) is 0.788. The summed E-state index contributed by atoms with van der Waals surface area (Å²) in [5, 5.41) is 13.3. The fourth-order valence-electron chi connectivity index (χ4n) is 3.09. The molecule has 1 aliphatic rings. The number of amides is 1. The first kappa shape index (κ1) is 15.7. The van der Waals surface area contributed by atoms with Crippen molar-refractivity contribution in [3.63, 3.8) is 0 Å². The number of hydrogen-bond donors (Lipinski definition) is 1. The lowest BCUT2D eigenvalue weighted by atomic mass is 9.94. The summed E-state index contributed by atoms with van der Waals surface area (Å²) in [5.41, 5.74) is 2.70. The normalized spacial score (nSPS) is 16.9. The molecule has 0 aliphatic carbocycles. The van der Waals surface area contributed by atoms with Gasteiger partial charge in [-0.2, -0.15) is 5.10 Å². The van der Waals surface area contributed by atoms with E-state index in [1.807, 2.05) is 0 Å². The number of benzene rings is 1. The molecule has 1 atom stereocenters. The van der Waals surface area contributed by atoms with Gasteiger partial charge in [-0.25, -0.2) is 13.9 Å². The number of fused-ring (bicyclic) bond motifs is 1. The van der Waals surface area contributed by atoms with Gasteiger partial charge in [0, 0.05) is 31.6 Å². The van der Waals surface area contributed by atoms with Crippen LogP contribution in [0.4, 0.5) is 4.39 Å². The predicted octanol–water partition coefficient (Wildman–Crippen LogP) is 1.99. The summed E-state index contributed by atoms with van der Waals surface area (Å²) in [5.74, 6) is -0.444. The monoisotopic (exact) mass is 340 g/mol. The fourth-order valence-corrected chi connectivity index (χ4v) is 3.09. The number of aromatic nitrogens is 3. The van der Waals surface area contributed by atoms with E-state index in [1.165, 1.54) is 12.1 Å². The molecule has 0 spiro atoms. The molecule has 0 radical (unpaired) electrons. The van der Waals surface area contributed by atoms with E-state index in [0.717, 1.165) is 17.5 Å². The highest BCUT2D eigenvalue weighted by Gasteiger charge is 2.35. The lowest BCUT2D eigenvalue weighted by Crippen LogP contribution is -2.45. The smallest absolute Gasteiger partial charge is 0.274 e. The lowest BCUT2D eigenvalue weighted by molar-refractivity contribution is 0.0453. The zero-order valence-electron chi connectivity index (χ0n) is 13.5. The van der Waals surface area contributed by atoms with E-state index in [1.54, 1.807) is 40.0 Å². The average Bonchev–Trinajstić information content (AvgIpc) is 2.99. The van der Waals surface area contributed by atoms with E-state index < -0.39 is 0 Å². The molecule has 25 heavy (non-hydrogen) atoms. The van der Waals surface area contributed by atoms with Crippen molar-refractivity contribution in [3.8, 4) is 0 Å². The summed E-state index contributed by atoms with van der Waals surface area (Å²) in [6.45, 7) is 0.686. The Morgan fingerprint density at radius 3 is 2.80 bits per heavy atom. The number of rotatable bonds is 4. The highest BCUT2D eigenvalue weighted by Crippen LogP contribution is 2.34. The number of nitrogens with zero attached hydrogens (tertiary/aromatic N) is 4. The van der Waals surface area contributed by atoms with Gasteiger partial charge in [0.15, 0.2) is 11.3 Å². The summed E-state index contributed by atoms with van der Waals surface area (Å²) in [4.78, 5) is 18.8. The van der Waals surface area contributed by atoms with Gasteiger partial charge >= 0.3 is 0 Å². The Labute approximate surface area is 143 Å². The van der Waals surface area contributed by atoms with Crippen molar-refractivity contribution in [2.75, 3.05) is 13.2 Å². The Balaban J connectivity index is 1.58. The number of carbonyl (C=O) groups is 1. The molecule has 2 aromatic heterocycles. The molecule has 1 N–H and O–H groups in total. The summed E-state index contributed by atoms with van der Waals surface area (Å²) in [6, 6.07) is 7.86. The SMILES string of the molecule is O=C(c1cc2ncc(CCO)cn2n1)N1CCC1c1ccc(F)cc1. The second-order valence-electron chi connectivity index (χ2n) is 6.12. The summed E-state index contributed by atoms with van der Waals surface area (Å²) >= 11 is 0. The first-order chi connectivity index (χ1) is 12.2. The molecule has 1 saturated heterocycles. The maximum atomic E-state index is 13.1. The van der Waals surface area contributed by atoms with E-state index in [2.05, 4.69) is 10.1 Å². The minimum Gasteiger partial charge on any atom is -0.396 e. The standard InChI is InChI=1S/C18H17FN4O2/c19-14-3-1-13(2-4-14)16-5-7-22(16)18(25)15-9-17-20-10-12(6-8-24)11-23(17)21-15/h1-4,9-11,16,24H,5-8H2. The zero-order chi connectivity index (χ0) is 17.4. The van der Waals surface area contributed by atoms with Crippen LogP contribution in [0, 0.1) is 5.82 Å². The van der Waals surface area contributed by atoms with Gasteiger partial charge in [-0.3, -0.25) is 4.79 Å². The third-order valence-electron chi connectivity index (χ3n) is 4.52. The van der Waals surface area contributed by atoms with Crippen molar-refractivity contribution < 1.29 is 14.3 Å². The van der Waals surface area contributed by atoms with Gasteiger partial charge in [0.05, 0.1) is 6.04 Å². The molecule has 6 nitrogen and oxygen atoms in total. The van der Waals surface area contributed by atoms with Crippen LogP contribution in [0.15, 0.2) is 42.7 Å². The topological polar surface area (TPSA) is 70.7 Å². The van der Waals surface area contributed by atoms with Crippen molar-refractivity contribution in [1.29, 1.82) is 0 Å². The van der Waals surface area contributed by atoms with E-state index in [-0.39, 0.29) is 24.4 Å². The number of likely N-dealkylation sites (tertiary alicyclic amines) is 1. The maximum absolute atomic E-state index is 13.1. The Morgan fingerprint density at radius 1 is 1.32 bits per heavy atom. The van der Waals surface area contributed by atoms with E-state index in [0.29, 0.717) is 24.3 Å². The van der Waals surface area contributed by atoms with Crippen molar-refractivity contribution in [2.45, 2.75) is 18.9 Å². The average molecular weight is 340 g/mol. The van der Waals surface area contributed by atoms with Crippen LogP contribution < -0.4 is 0 Å². The number of aliphatic hydroxyl groups excluding tert-OH is 1. The van der Waals surface area contributed by atoms with Crippen LogP contribution in [-0.4, -0.2) is 43.7 Å². The number of halogens is 1. The van der Waals surface area contributed by atoms with Gasteiger partial charge in [-0.15, -0.1) is 0 Å². The molecule has 1 amide bonds. The first-order valence-corrected chi connectivity index (χ1v) is 8.17. The van der Waals surface area contributed by atoms with E-state index >= 15 is 0 Å². The van der Waals surface area contributed by atoms with Crippen molar-refractivity contribution >= 4 is 11.6 Å². The summed E-state index contributed by atoms with van der Waals surface area (Å²) in [6.07, 6.45) is 4.78. The molecule has 4 rings (SSSR count). The van der Waals surface area contributed by atoms with Crippen LogP contribution in [-0.2, 0) is 6.42 Å². The van der Waals surface area contributed by atoms with Crippen LogP contribution in [0.1, 0.15) is 34.1 Å². The second kappa shape index (κ2) is 6.25. The van der Waals surface area contributed by atoms with E-state index in [4.69, 9.17) is 5.11 Å². The van der Waals surface area contributed by atoms with Gasteiger partial charge < -0.3 is 10.0 Å². The number of aliphatic hydroxyl groups is 1. The maximum Gasteiger partial charge on any atom is 0.274 e. The Kier molecular flexibility index (Phi) is 3.93. The van der Waals surface area contributed by atoms with Crippen LogP contribution in [0.3, 0.4) is 0 Å². The number of carbonyl (C=O) groups excluding carboxylic acids is 1. The molecule has 1 fully saturated rings. The first-order valence-electron chi connectivity index (χ1n) is 8.17. The number of hydrogen-bond acceptors (Lipinski definition) is 4. The molecule has 7 heteroatoms. The van der Waals surface area contributed by atoms with Gasteiger partial charge in [0.25, 0.3) is 5.91 Å². The van der Waals surface area contributed by atoms with Crippen LogP contribution in [0.5, 0.6) is 0 Å². The van der Waals surface area contributed by atoms with Crippen LogP contribution >= 0.6 is 0 Å². The van der Waals surface area contributed by atoms with Crippen molar-refractivity contribution in [1.82, 2.24) is 19.5 Å².